The third-order valence-electron chi connectivity index (χ3n) is 2.34. The molecule has 0 radical (unpaired) electrons. The second kappa shape index (κ2) is 7.22. The van der Waals surface area contributed by atoms with Gasteiger partial charge >= 0.3 is 12.0 Å². The minimum atomic E-state index is -1.37. The summed E-state index contributed by atoms with van der Waals surface area (Å²) in [6.07, 6.45) is 0. The first kappa shape index (κ1) is 16.4. The second-order valence-electron chi connectivity index (χ2n) is 4.50. The highest BCUT2D eigenvalue weighted by Crippen LogP contribution is 2.19. The Bertz CT molecular complexity index is 560. The Kier molecular flexibility index (Phi) is 5.65. The van der Waals surface area contributed by atoms with Crippen LogP contribution in [-0.2, 0) is 4.79 Å². The third kappa shape index (κ3) is 5.09. The molecule has 0 atom stereocenters. The molecule has 7 nitrogen and oxygen atoms in total. The summed E-state index contributed by atoms with van der Waals surface area (Å²) in [5, 5.41) is 15.8. The first-order chi connectivity index (χ1) is 9.81. The van der Waals surface area contributed by atoms with E-state index in [4.69, 9.17) is 5.11 Å². The van der Waals surface area contributed by atoms with E-state index in [0.29, 0.717) is 0 Å². The molecule has 0 aliphatic carbocycles. The normalized spacial score (nSPS) is 10.1. The number of carbonyl (C=O) groups is 3. The van der Waals surface area contributed by atoms with Crippen LogP contribution in [0.5, 0.6) is 0 Å². The van der Waals surface area contributed by atoms with Crippen LogP contribution in [0.15, 0.2) is 18.2 Å². The lowest BCUT2D eigenvalue weighted by molar-refractivity contribution is -0.120. The maximum Gasteiger partial charge on any atom is 0.337 e. The molecule has 0 saturated heterocycles. The highest BCUT2D eigenvalue weighted by atomic mass is 19.1. The van der Waals surface area contributed by atoms with Gasteiger partial charge in [0.1, 0.15) is 5.82 Å². The molecule has 1 aromatic rings. The molecular weight excluding hydrogens is 281 g/mol. The summed E-state index contributed by atoms with van der Waals surface area (Å²) in [5.41, 5.74) is -0.830. The fourth-order valence-corrected chi connectivity index (χ4v) is 1.52. The van der Waals surface area contributed by atoms with Crippen LogP contribution in [0.1, 0.15) is 24.2 Å². The fraction of sp³-hybridized carbons (Fsp3) is 0.308. The zero-order valence-corrected chi connectivity index (χ0v) is 11.6. The predicted octanol–water partition coefficient (Wildman–Crippen LogP) is 1.17. The average Bonchev–Trinajstić information content (AvgIpc) is 2.37. The number of para-hydroxylation sites is 1. The van der Waals surface area contributed by atoms with E-state index >= 15 is 0 Å². The maximum absolute atomic E-state index is 13.6. The topological polar surface area (TPSA) is 108 Å². The molecule has 0 aliphatic rings. The molecule has 0 spiro atoms. The minimum absolute atomic E-state index is 0.0763. The lowest BCUT2D eigenvalue weighted by Crippen LogP contribution is -2.41. The molecule has 0 saturated carbocycles. The number of carboxylic acids is 1. The Hall–Kier alpha value is -2.64. The van der Waals surface area contributed by atoms with Gasteiger partial charge in [-0.1, -0.05) is 6.07 Å². The van der Waals surface area contributed by atoms with Crippen molar-refractivity contribution in [3.05, 3.63) is 29.6 Å². The van der Waals surface area contributed by atoms with Gasteiger partial charge in [0.25, 0.3) is 0 Å². The van der Waals surface area contributed by atoms with E-state index in [1.165, 1.54) is 6.07 Å². The van der Waals surface area contributed by atoms with E-state index in [1.807, 2.05) is 0 Å². The number of hydrogen-bond donors (Lipinski definition) is 4. The van der Waals surface area contributed by atoms with Crippen molar-refractivity contribution in [3.8, 4) is 0 Å². The van der Waals surface area contributed by atoms with Crippen LogP contribution >= 0.6 is 0 Å². The average molecular weight is 297 g/mol. The summed E-state index contributed by atoms with van der Waals surface area (Å²) in [7, 11) is 0. The SMILES string of the molecule is CC(C)NC(=O)CNC(=O)Nc1c(F)cccc1C(=O)O. The molecule has 0 fully saturated rings. The Morgan fingerprint density at radius 3 is 2.52 bits per heavy atom. The molecule has 21 heavy (non-hydrogen) atoms. The van der Waals surface area contributed by atoms with E-state index < -0.39 is 29.4 Å². The van der Waals surface area contributed by atoms with Crippen LogP contribution in [0.3, 0.4) is 0 Å². The van der Waals surface area contributed by atoms with Crippen LogP contribution in [-0.4, -0.2) is 35.6 Å². The van der Waals surface area contributed by atoms with E-state index in [9.17, 15) is 18.8 Å². The number of carbonyl (C=O) groups excluding carboxylic acids is 2. The summed E-state index contributed by atoms with van der Waals surface area (Å²) in [5.74, 6) is -2.66. The Morgan fingerprint density at radius 2 is 1.95 bits per heavy atom. The summed E-state index contributed by atoms with van der Waals surface area (Å²) in [6, 6.07) is 2.45. The van der Waals surface area contributed by atoms with E-state index in [2.05, 4.69) is 16.0 Å². The van der Waals surface area contributed by atoms with Crippen molar-refractivity contribution in [2.24, 2.45) is 0 Å². The van der Waals surface area contributed by atoms with Crippen molar-refractivity contribution < 1.29 is 23.9 Å². The van der Waals surface area contributed by atoms with Gasteiger partial charge in [0, 0.05) is 6.04 Å². The van der Waals surface area contributed by atoms with Gasteiger partial charge < -0.3 is 21.1 Å². The Balaban J connectivity index is 2.67. The highest BCUT2D eigenvalue weighted by Gasteiger charge is 2.16. The fourth-order valence-electron chi connectivity index (χ4n) is 1.52. The third-order valence-corrected chi connectivity index (χ3v) is 2.34. The number of benzene rings is 1. The van der Waals surface area contributed by atoms with Gasteiger partial charge in [-0.05, 0) is 26.0 Å². The zero-order chi connectivity index (χ0) is 16.0. The van der Waals surface area contributed by atoms with Gasteiger partial charge in [0.15, 0.2) is 0 Å². The molecule has 1 rings (SSSR count). The smallest absolute Gasteiger partial charge is 0.337 e. The van der Waals surface area contributed by atoms with Crippen molar-refractivity contribution in [1.29, 1.82) is 0 Å². The van der Waals surface area contributed by atoms with Gasteiger partial charge in [-0.15, -0.1) is 0 Å². The predicted molar refractivity (Wildman–Crippen MR) is 73.7 cm³/mol. The zero-order valence-electron chi connectivity index (χ0n) is 11.6. The number of anilines is 1. The lowest BCUT2D eigenvalue weighted by atomic mass is 10.1. The van der Waals surface area contributed by atoms with Crippen LogP contribution in [0.4, 0.5) is 14.9 Å². The number of nitrogens with one attached hydrogen (secondary N) is 3. The molecule has 1 aromatic carbocycles. The maximum atomic E-state index is 13.6. The number of aromatic carboxylic acids is 1. The van der Waals surface area contributed by atoms with Gasteiger partial charge in [0.05, 0.1) is 17.8 Å². The van der Waals surface area contributed by atoms with Crippen molar-refractivity contribution in [3.63, 3.8) is 0 Å². The van der Waals surface area contributed by atoms with Gasteiger partial charge in [0.2, 0.25) is 5.91 Å². The Morgan fingerprint density at radius 1 is 1.29 bits per heavy atom. The second-order valence-corrected chi connectivity index (χ2v) is 4.50. The largest absolute Gasteiger partial charge is 0.478 e. The van der Waals surface area contributed by atoms with Gasteiger partial charge in [-0.25, -0.2) is 14.0 Å². The lowest BCUT2D eigenvalue weighted by Gasteiger charge is -2.12. The van der Waals surface area contributed by atoms with E-state index in [1.54, 1.807) is 13.8 Å². The van der Waals surface area contributed by atoms with Gasteiger partial charge in [-0.2, -0.15) is 0 Å². The van der Waals surface area contributed by atoms with Gasteiger partial charge in [-0.3, -0.25) is 4.79 Å². The monoisotopic (exact) mass is 297 g/mol. The molecular formula is C13H16FN3O4. The summed E-state index contributed by atoms with van der Waals surface area (Å²) in [4.78, 5) is 33.8. The number of halogens is 1. The number of rotatable bonds is 5. The summed E-state index contributed by atoms with van der Waals surface area (Å²) >= 11 is 0. The van der Waals surface area contributed by atoms with E-state index in [0.717, 1.165) is 12.1 Å². The number of amides is 3. The molecule has 8 heteroatoms. The summed E-state index contributed by atoms with van der Waals surface area (Å²) < 4.78 is 13.6. The molecule has 0 aromatic heterocycles. The molecule has 114 valence electrons. The molecule has 3 amide bonds. The first-order valence-corrected chi connectivity index (χ1v) is 6.17. The number of hydrogen-bond acceptors (Lipinski definition) is 3. The van der Waals surface area contributed by atoms with E-state index in [-0.39, 0.29) is 18.2 Å². The standard InChI is InChI=1S/C13H16FN3O4/c1-7(2)16-10(18)6-15-13(21)17-11-8(12(19)20)4-3-5-9(11)14/h3-5,7H,6H2,1-2H3,(H,16,18)(H,19,20)(H2,15,17,21). The van der Waals surface area contributed by atoms with Crippen LogP contribution in [0, 0.1) is 5.82 Å². The number of carboxylic acid groups (broad SMARTS) is 1. The molecule has 0 bridgehead atoms. The first-order valence-electron chi connectivity index (χ1n) is 6.17. The van der Waals surface area contributed by atoms with Crippen LogP contribution < -0.4 is 16.0 Å². The van der Waals surface area contributed by atoms with Crippen molar-refractivity contribution in [2.45, 2.75) is 19.9 Å². The molecule has 0 heterocycles. The van der Waals surface area contributed by atoms with Crippen LogP contribution in [0.2, 0.25) is 0 Å². The Labute approximate surface area is 120 Å². The molecule has 0 unspecified atom stereocenters. The number of urea groups is 1. The van der Waals surface area contributed by atoms with Crippen LogP contribution in [0.25, 0.3) is 0 Å². The highest BCUT2D eigenvalue weighted by molar-refractivity contribution is 6.00. The van der Waals surface area contributed by atoms with Crippen molar-refractivity contribution in [2.75, 3.05) is 11.9 Å². The van der Waals surface area contributed by atoms with Crippen molar-refractivity contribution >= 4 is 23.6 Å². The van der Waals surface area contributed by atoms with Crippen molar-refractivity contribution in [1.82, 2.24) is 10.6 Å². The molecule has 0 aliphatic heterocycles. The molecule has 4 N–H and O–H groups in total. The summed E-state index contributed by atoms with van der Waals surface area (Å²) in [6.45, 7) is 3.22. The quantitative estimate of drug-likeness (QED) is 0.654. The minimum Gasteiger partial charge on any atom is -0.478 e.